The van der Waals surface area contributed by atoms with Gasteiger partial charge in [-0.2, -0.15) is 0 Å². The first kappa shape index (κ1) is 12.0. The van der Waals surface area contributed by atoms with Crippen molar-refractivity contribution in [2.45, 2.75) is 19.3 Å². The summed E-state index contributed by atoms with van der Waals surface area (Å²) in [6, 6.07) is 0. The molecule has 86 valence electrons. The molecular formula is C15H13ClO. The quantitative estimate of drug-likeness (QED) is 0.509. The molecule has 0 radical (unpaired) electrons. The average Bonchev–Trinajstić information content (AvgIpc) is 2.38. The van der Waals surface area contributed by atoms with E-state index in [1.54, 1.807) is 0 Å². The summed E-state index contributed by atoms with van der Waals surface area (Å²) in [6.45, 7) is 0. The van der Waals surface area contributed by atoms with Gasteiger partial charge in [-0.25, -0.2) is 0 Å². The standard InChI is InChI=1S/C15H13ClO/c16-15-8-4-7-13(11-17)14(15)10-9-12-5-2-1-3-6-12/h1-2,4-5,8,11,13H,3,6-7H2. The molecule has 0 heterocycles. The Labute approximate surface area is 107 Å². The fraction of sp³-hybridized carbons (Fsp3) is 0.267. The molecule has 0 fully saturated rings. The van der Waals surface area contributed by atoms with Crippen LogP contribution in [0.5, 0.6) is 0 Å². The van der Waals surface area contributed by atoms with Gasteiger partial charge < -0.3 is 4.79 Å². The largest absolute Gasteiger partial charge is 0.303 e. The number of rotatable bonds is 1. The Morgan fingerprint density at radius 2 is 2.24 bits per heavy atom. The minimum atomic E-state index is -0.181. The SMILES string of the molecule is O=CC1CC=CC(Cl)=C1C#CC1=CC=CCC1. The van der Waals surface area contributed by atoms with E-state index in [1.807, 2.05) is 24.3 Å². The van der Waals surface area contributed by atoms with Gasteiger partial charge in [-0.05, 0) is 25.3 Å². The van der Waals surface area contributed by atoms with Gasteiger partial charge >= 0.3 is 0 Å². The lowest BCUT2D eigenvalue weighted by Crippen LogP contribution is -2.07. The molecule has 2 rings (SSSR count). The predicted octanol–water partition coefficient (Wildman–Crippen LogP) is 3.53. The molecule has 0 saturated heterocycles. The molecule has 0 aromatic heterocycles. The molecule has 0 aliphatic heterocycles. The van der Waals surface area contributed by atoms with Crippen molar-refractivity contribution in [3.8, 4) is 11.8 Å². The zero-order chi connectivity index (χ0) is 12.1. The number of hydrogen-bond donors (Lipinski definition) is 0. The van der Waals surface area contributed by atoms with Crippen molar-refractivity contribution in [2.75, 3.05) is 0 Å². The predicted molar refractivity (Wildman–Crippen MR) is 70.4 cm³/mol. The minimum absolute atomic E-state index is 0.181. The summed E-state index contributed by atoms with van der Waals surface area (Å²) in [4.78, 5) is 10.9. The van der Waals surface area contributed by atoms with Crippen molar-refractivity contribution >= 4 is 17.9 Å². The van der Waals surface area contributed by atoms with Crippen LogP contribution in [0.3, 0.4) is 0 Å². The third-order valence-electron chi connectivity index (χ3n) is 2.82. The number of allylic oxidation sites excluding steroid dienone is 8. The maximum atomic E-state index is 10.9. The zero-order valence-corrected chi connectivity index (χ0v) is 10.2. The molecule has 1 unspecified atom stereocenters. The molecular weight excluding hydrogens is 232 g/mol. The molecule has 0 aromatic rings. The van der Waals surface area contributed by atoms with Crippen molar-refractivity contribution < 1.29 is 4.79 Å². The monoisotopic (exact) mass is 244 g/mol. The summed E-state index contributed by atoms with van der Waals surface area (Å²) in [5.74, 6) is 5.99. The van der Waals surface area contributed by atoms with Gasteiger partial charge in [0.15, 0.2) is 0 Å². The highest BCUT2D eigenvalue weighted by Gasteiger charge is 2.16. The van der Waals surface area contributed by atoms with E-state index in [9.17, 15) is 4.79 Å². The van der Waals surface area contributed by atoms with Gasteiger partial charge in [0.1, 0.15) is 6.29 Å². The molecule has 2 aliphatic rings. The second kappa shape index (κ2) is 5.70. The topological polar surface area (TPSA) is 17.1 Å². The number of halogens is 1. The van der Waals surface area contributed by atoms with Crippen LogP contribution in [0.25, 0.3) is 0 Å². The normalized spacial score (nSPS) is 22.9. The molecule has 1 atom stereocenters. The lowest BCUT2D eigenvalue weighted by Gasteiger charge is -2.12. The molecule has 0 spiro atoms. The summed E-state index contributed by atoms with van der Waals surface area (Å²) in [5.41, 5.74) is 1.85. The molecule has 0 N–H and O–H groups in total. The number of hydrogen-bond acceptors (Lipinski definition) is 1. The molecule has 1 nitrogen and oxygen atoms in total. The Bertz CT molecular complexity index is 495. The average molecular weight is 245 g/mol. The van der Waals surface area contributed by atoms with Crippen LogP contribution in [-0.4, -0.2) is 6.29 Å². The van der Waals surface area contributed by atoms with E-state index in [2.05, 4.69) is 17.9 Å². The maximum Gasteiger partial charge on any atom is 0.128 e. The van der Waals surface area contributed by atoms with Crippen molar-refractivity contribution in [2.24, 2.45) is 5.92 Å². The van der Waals surface area contributed by atoms with Gasteiger partial charge in [-0.3, -0.25) is 0 Å². The Morgan fingerprint density at radius 1 is 1.35 bits per heavy atom. The minimum Gasteiger partial charge on any atom is -0.303 e. The second-order valence-electron chi connectivity index (χ2n) is 4.05. The molecule has 17 heavy (non-hydrogen) atoms. The molecule has 2 heteroatoms. The Balaban J connectivity index is 2.24. The molecule has 0 saturated carbocycles. The Morgan fingerprint density at radius 3 is 2.94 bits per heavy atom. The van der Waals surface area contributed by atoms with E-state index in [0.717, 1.165) is 30.3 Å². The van der Waals surface area contributed by atoms with Gasteiger partial charge in [0.05, 0.1) is 11.0 Å². The summed E-state index contributed by atoms with van der Waals surface area (Å²) in [7, 11) is 0. The fourth-order valence-corrected chi connectivity index (χ4v) is 2.11. The first-order valence-corrected chi connectivity index (χ1v) is 6.08. The van der Waals surface area contributed by atoms with Crippen LogP contribution < -0.4 is 0 Å². The summed E-state index contributed by atoms with van der Waals surface area (Å²) in [6.07, 6.45) is 13.5. The summed E-state index contributed by atoms with van der Waals surface area (Å²) >= 11 is 6.07. The van der Waals surface area contributed by atoms with Crippen LogP contribution in [0.15, 0.2) is 46.6 Å². The highest BCUT2D eigenvalue weighted by atomic mass is 35.5. The van der Waals surface area contributed by atoms with Gasteiger partial charge in [0.25, 0.3) is 0 Å². The van der Waals surface area contributed by atoms with Crippen molar-refractivity contribution in [3.63, 3.8) is 0 Å². The van der Waals surface area contributed by atoms with Gasteiger partial charge in [0.2, 0.25) is 0 Å². The van der Waals surface area contributed by atoms with Gasteiger partial charge in [-0.1, -0.05) is 47.7 Å². The maximum absolute atomic E-state index is 10.9. The van der Waals surface area contributed by atoms with Gasteiger partial charge in [0, 0.05) is 11.1 Å². The van der Waals surface area contributed by atoms with E-state index in [1.165, 1.54) is 0 Å². The summed E-state index contributed by atoms with van der Waals surface area (Å²) < 4.78 is 0. The van der Waals surface area contributed by atoms with E-state index in [4.69, 9.17) is 11.6 Å². The molecule has 0 aromatic carbocycles. The second-order valence-corrected chi connectivity index (χ2v) is 4.46. The van der Waals surface area contributed by atoms with Gasteiger partial charge in [-0.15, -0.1) is 0 Å². The van der Waals surface area contributed by atoms with Crippen LogP contribution in [0, 0.1) is 17.8 Å². The third-order valence-corrected chi connectivity index (χ3v) is 3.15. The number of aldehydes is 1. The number of carbonyl (C=O) groups is 1. The smallest absolute Gasteiger partial charge is 0.128 e. The van der Waals surface area contributed by atoms with E-state index < -0.39 is 0 Å². The van der Waals surface area contributed by atoms with Crippen molar-refractivity contribution in [1.82, 2.24) is 0 Å². The highest BCUT2D eigenvalue weighted by Crippen LogP contribution is 2.26. The van der Waals surface area contributed by atoms with Crippen LogP contribution >= 0.6 is 11.6 Å². The zero-order valence-electron chi connectivity index (χ0n) is 9.45. The third kappa shape index (κ3) is 2.99. The Hall–Kier alpha value is -1.52. The Kier molecular flexibility index (Phi) is 4.01. The lowest BCUT2D eigenvalue weighted by molar-refractivity contribution is -0.110. The van der Waals surface area contributed by atoms with Crippen LogP contribution in [0.1, 0.15) is 19.3 Å². The van der Waals surface area contributed by atoms with Crippen molar-refractivity contribution in [1.29, 1.82) is 0 Å². The van der Waals surface area contributed by atoms with Crippen LogP contribution in [0.2, 0.25) is 0 Å². The molecule has 2 aliphatic carbocycles. The summed E-state index contributed by atoms with van der Waals surface area (Å²) in [5, 5.41) is 0.591. The van der Waals surface area contributed by atoms with Crippen LogP contribution in [0.4, 0.5) is 0 Å². The first-order chi connectivity index (χ1) is 8.31. The fourth-order valence-electron chi connectivity index (χ4n) is 1.83. The van der Waals surface area contributed by atoms with Crippen LogP contribution in [-0.2, 0) is 4.79 Å². The number of carbonyl (C=O) groups excluding carboxylic acids is 1. The lowest BCUT2D eigenvalue weighted by atomic mass is 9.92. The van der Waals surface area contributed by atoms with Crippen molar-refractivity contribution in [3.05, 3.63) is 46.6 Å². The molecule has 0 bridgehead atoms. The van der Waals surface area contributed by atoms with E-state index in [-0.39, 0.29) is 5.92 Å². The molecule has 0 amide bonds. The highest BCUT2D eigenvalue weighted by molar-refractivity contribution is 6.32. The first-order valence-electron chi connectivity index (χ1n) is 5.70. The van der Waals surface area contributed by atoms with E-state index >= 15 is 0 Å². The van der Waals surface area contributed by atoms with E-state index in [0.29, 0.717) is 11.5 Å².